The van der Waals surface area contributed by atoms with Gasteiger partial charge in [-0.3, -0.25) is 86.9 Å². The molecule has 0 bridgehead atoms. The van der Waals surface area contributed by atoms with Crippen molar-refractivity contribution in [2.45, 2.75) is 235 Å². The summed E-state index contributed by atoms with van der Waals surface area (Å²) in [5, 5.41) is 49.1. The lowest BCUT2D eigenvalue weighted by Gasteiger charge is -2.36. The van der Waals surface area contributed by atoms with Gasteiger partial charge in [0.25, 0.3) is 0 Å². The van der Waals surface area contributed by atoms with Gasteiger partial charge >= 0.3 is 0 Å². The second kappa shape index (κ2) is 50.4. The zero-order chi connectivity index (χ0) is 98.4. The smallest absolute Gasteiger partial charge is 0.246 e. The number of nitrogens with one attached hydrogen (secondary N) is 15. The summed E-state index contributed by atoms with van der Waals surface area (Å²) >= 11 is 0.771. The molecule has 0 unspecified atom stereocenters. The molecule has 6 aromatic rings. The van der Waals surface area contributed by atoms with Crippen LogP contribution in [0.5, 0.6) is 5.75 Å². The van der Waals surface area contributed by atoms with E-state index in [-0.39, 0.29) is 115 Å². The van der Waals surface area contributed by atoms with E-state index in [0.29, 0.717) is 69.9 Å². The number of phenolic OH excluding ortho intramolecular Hbond substituents is 1. The normalized spacial score (nSPS) is 24.2. The molecule has 732 valence electrons. The summed E-state index contributed by atoms with van der Waals surface area (Å²) in [7, 11) is 3.98. The summed E-state index contributed by atoms with van der Waals surface area (Å²) in [6.45, 7) is 7.22. The number of hydrogen-bond donors (Lipinski definition) is 20. The van der Waals surface area contributed by atoms with Gasteiger partial charge in [0.05, 0.1) is 25.0 Å². The fourth-order valence-electron chi connectivity index (χ4n) is 16.8. The molecule has 0 saturated carbocycles. The minimum Gasteiger partial charge on any atom is -0.508 e. The SMILES string of the molecule is CCCC[C@H]1C(=O)N(C)[C@@H](CCCC)C(=O)N[C@@H](CCCNC(=N)N)C(=O)N[C@H](C(=O)NCC(N)=O)CSCC(=O)N[C@@H](Cc2ccc(O)cc2)C(=O)N(C)[C@@H](C)C(=O)N[C@@H](CC(N)=O)C(=O)N2CCC[C@H]2C(=O)N[C@@H](Cc2cnc[nH]2)C(=O)N[C@@H](CC(C)C)C(=O)N2CCC[C@H]2C(=O)N[C@@H](Cc2c[nH]c3ccccc23)C(=O)N[C@@H](CN)C(=O)N[C@@H](Cc2c[nH]c3ccccc23)C(=O)N1C. The van der Waals surface area contributed by atoms with Gasteiger partial charge in [-0.15, -0.1) is 11.8 Å². The van der Waals surface area contributed by atoms with E-state index in [1.165, 1.54) is 79.6 Å². The molecule has 17 amide bonds. The summed E-state index contributed by atoms with van der Waals surface area (Å²) in [5.74, 6) is -16.9. The Kier molecular flexibility index (Phi) is 39.2. The number of thioether (sulfide) groups is 1. The number of fused-ring (bicyclic) bond motifs is 4. The highest BCUT2D eigenvalue weighted by Gasteiger charge is 2.46. The average Bonchev–Trinajstić information content (AvgIpc) is 1.75. The number of rotatable bonds is 26. The van der Waals surface area contributed by atoms with Crippen molar-refractivity contribution in [3.05, 3.63) is 120 Å². The lowest BCUT2D eigenvalue weighted by atomic mass is 10.00. The summed E-state index contributed by atoms with van der Waals surface area (Å²) in [6, 6.07) is -0.778. The molecule has 3 fully saturated rings. The number of para-hydroxylation sites is 2. The molecule has 44 heteroatoms. The molecule has 135 heavy (non-hydrogen) atoms. The Morgan fingerprint density at radius 1 is 0.526 bits per heavy atom. The van der Waals surface area contributed by atoms with Crippen molar-refractivity contribution >= 4 is 140 Å². The largest absolute Gasteiger partial charge is 0.508 e. The number of hydrogen-bond acceptors (Lipinski definition) is 22. The van der Waals surface area contributed by atoms with Crippen molar-refractivity contribution in [2.75, 3.05) is 65.4 Å². The summed E-state index contributed by atoms with van der Waals surface area (Å²) < 4.78 is 0. The zero-order valence-electron chi connectivity index (χ0n) is 77.4. The molecule has 0 spiro atoms. The van der Waals surface area contributed by atoms with Crippen LogP contribution in [0.15, 0.2) is 97.7 Å². The van der Waals surface area contributed by atoms with Gasteiger partial charge in [-0.25, -0.2) is 4.98 Å². The van der Waals surface area contributed by atoms with Gasteiger partial charge in [-0.1, -0.05) is 102 Å². The number of primary amides is 2. The number of unbranched alkanes of at least 4 members (excludes halogenated alkanes) is 2. The second-order valence-corrected chi connectivity index (χ2v) is 35.9. The summed E-state index contributed by atoms with van der Waals surface area (Å²) in [5.41, 5.74) is 26.5. The molecule has 3 saturated heterocycles. The quantitative estimate of drug-likeness (QED) is 0.0160. The highest BCUT2D eigenvalue weighted by atomic mass is 32.2. The molecule has 3 aliphatic rings. The molecule has 0 radical (unpaired) electrons. The first kappa shape index (κ1) is 105. The maximum absolute atomic E-state index is 15.8. The van der Waals surface area contributed by atoms with Crippen LogP contribution in [-0.2, 0) is 107 Å². The van der Waals surface area contributed by atoms with E-state index in [2.05, 4.69) is 78.4 Å². The summed E-state index contributed by atoms with van der Waals surface area (Å²) in [4.78, 5) is 270. The van der Waals surface area contributed by atoms with E-state index < -0.39 is 222 Å². The number of aromatic nitrogens is 4. The molecule has 3 aromatic carbocycles. The van der Waals surface area contributed by atoms with Crippen molar-refractivity contribution in [3.8, 4) is 5.75 Å². The number of H-pyrrole nitrogens is 3. The first-order valence-electron chi connectivity index (χ1n) is 45.6. The van der Waals surface area contributed by atoms with Gasteiger partial charge in [-0.2, -0.15) is 0 Å². The van der Waals surface area contributed by atoms with Crippen LogP contribution in [0.2, 0.25) is 0 Å². The molecule has 43 nitrogen and oxygen atoms in total. The van der Waals surface area contributed by atoms with E-state index in [1.807, 2.05) is 26.0 Å². The monoisotopic (exact) mass is 1890 g/mol. The lowest BCUT2D eigenvalue weighted by Crippen LogP contribution is -2.62. The lowest BCUT2D eigenvalue weighted by molar-refractivity contribution is -0.149. The van der Waals surface area contributed by atoms with Gasteiger partial charge in [0.2, 0.25) is 100 Å². The summed E-state index contributed by atoms with van der Waals surface area (Å²) in [6.07, 6.45) is 6.51. The maximum Gasteiger partial charge on any atom is 0.246 e. The van der Waals surface area contributed by atoms with Crippen LogP contribution < -0.4 is 81.4 Å². The number of nitrogens with two attached hydrogens (primary N) is 4. The van der Waals surface area contributed by atoms with Crippen LogP contribution in [0, 0.1) is 11.3 Å². The first-order chi connectivity index (χ1) is 64.4. The van der Waals surface area contributed by atoms with Crippen LogP contribution >= 0.6 is 11.8 Å². The third-order valence-electron chi connectivity index (χ3n) is 24.3. The van der Waals surface area contributed by atoms with Crippen molar-refractivity contribution in [1.29, 1.82) is 5.41 Å². The number of likely N-dealkylation sites (N-methyl/N-ethyl adjacent to an activating group) is 3. The standard InChI is InChI=1S/C91H129N25O18S/c1-9-11-25-70-83(127)104-61(24-17-33-98-91(95)96)79(123)111-69(78(122)101-46-75(94)119)47-135-48-76(120)103-65(37-52-29-31-56(117)32-30-52)86(130)112(6)51(5)77(121)107-67(41-74(93)118)89(133)116-35-19-28-72(116)85(129)106-63(40-55-45-97-49-102-55)81(125)108-64(36-50(3)4)88(132)115-34-18-27-71(115)84(128)105-62(38-53-43-99-59-22-15-13-20-57(53)59)80(124)110-68(42-92)82(126)109-66(39-54-44-100-60-23-16-14-21-58(54)60)87(131)114(8)73(26-12-10-2)90(134)113(70)7/h13-16,20-23,29-32,43-45,49-51,61-73,99-100,117H,9-12,17-19,24-28,33-42,46-48,92H2,1-8H3,(H2,93,118)(H2,94,119)(H,97,102)(H,101,122)(H,103,120)(H,104,127)(H,105,128)(H,106,129)(H,107,121)(H,108,125)(H,109,126)(H,110,124)(H,111,123)(H4,95,96,98)/t51-,61-,62-,63-,64-,65-,66-,67-,68-,69-,70-,71-,72-,73-/m0/s1. The number of phenols is 1. The Hall–Kier alpha value is -13.7. The Balaban J connectivity index is 1.10. The van der Waals surface area contributed by atoms with Gasteiger partial charge in [0, 0.05) is 125 Å². The minimum atomic E-state index is -1.76. The first-order valence-corrected chi connectivity index (χ1v) is 46.7. The number of aromatic hydroxyl groups is 1. The van der Waals surface area contributed by atoms with Gasteiger partial charge in [-0.05, 0) is 112 Å². The molecular weight excluding hydrogens is 1760 g/mol. The van der Waals surface area contributed by atoms with E-state index >= 15 is 38.4 Å². The van der Waals surface area contributed by atoms with Crippen LogP contribution in [0.3, 0.4) is 0 Å². The molecule has 3 aliphatic heterocycles. The number of imidazole rings is 1. The predicted octanol–water partition coefficient (Wildman–Crippen LogP) is -1.93. The van der Waals surface area contributed by atoms with E-state index in [9.17, 15) is 48.3 Å². The number of amides is 17. The fourth-order valence-corrected chi connectivity index (χ4v) is 17.7. The number of nitrogens with zero attached hydrogens (tertiary/aromatic N) is 6. The Morgan fingerprint density at radius 2 is 1.03 bits per heavy atom. The number of benzene rings is 3. The third kappa shape index (κ3) is 29.4. The van der Waals surface area contributed by atoms with Crippen molar-refractivity contribution in [2.24, 2.45) is 28.9 Å². The number of guanidine groups is 1. The number of aromatic amines is 3. The van der Waals surface area contributed by atoms with Crippen molar-refractivity contribution < 1.29 is 86.6 Å². The van der Waals surface area contributed by atoms with E-state index in [0.717, 1.165) is 21.6 Å². The Morgan fingerprint density at radius 3 is 1.59 bits per heavy atom. The number of carbonyl (C=O) groups excluding carboxylic acids is 17. The maximum atomic E-state index is 15.8. The van der Waals surface area contributed by atoms with Crippen LogP contribution in [-0.4, -0.2) is 306 Å². The minimum absolute atomic E-state index is 0.000466. The predicted molar refractivity (Wildman–Crippen MR) is 500 cm³/mol. The van der Waals surface area contributed by atoms with Crippen molar-refractivity contribution in [3.63, 3.8) is 0 Å². The second-order valence-electron chi connectivity index (χ2n) is 34.8. The molecular formula is C91H129N25O18S. The topological polar surface area (TPSA) is 647 Å². The molecule has 9 rings (SSSR count). The Bertz CT molecular complexity index is 5200. The highest BCUT2D eigenvalue weighted by Crippen LogP contribution is 2.28. The third-order valence-corrected chi connectivity index (χ3v) is 25.4. The molecule has 0 aliphatic carbocycles. The number of carbonyl (C=O) groups is 17. The van der Waals surface area contributed by atoms with Crippen LogP contribution in [0.1, 0.15) is 147 Å². The van der Waals surface area contributed by atoms with Crippen molar-refractivity contribution in [1.82, 2.24) is 103 Å². The van der Waals surface area contributed by atoms with Crippen LogP contribution in [0.25, 0.3) is 21.8 Å². The van der Waals surface area contributed by atoms with Gasteiger partial charge in [0.1, 0.15) is 90.3 Å². The molecule has 6 heterocycles. The Labute approximate surface area is 785 Å². The highest BCUT2D eigenvalue weighted by molar-refractivity contribution is 8.00. The van der Waals surface area contributed by atoms with Gasteiger partial charge < -0.3 is 126 Å². The molecule has 3 aromatic heterocycles. The average molecular weight is 1890 g/mol. The van der Waals surface area contributed by atoms with Gasteiger partial charge in [0.15, 0.2) is 5.96 Å². The zero-order valence-corrected chi connectivity index (χ0v) is 78.2. The van der Waals surface area contributed by atoms with Crippen LogP contribution in [0.4, 0.5) is 0 Å². The van der Waals surface area contributed by atoms with E-state index in [1.54, 1.807) is 62.6 Å². The van der Waals surface area contributed by atoms with E-state index in [4.69, 9.17) is 28.3 Å². The fraction of sp³-hybridized carbons (Fsp3) is 0.527. The molecule has 14 atom stereocenters. The molecule has 24 N–H and O–H groups in total.